The van der Waals surface area contributed by atoms with E-state index in [1.165, 1.54) is 0 Å². The van der Waals surface area contributed by atoms with Crippen LogP contribution in [0.5, 0.6) is 5.75 Å². The first-order valence-electron chi connectivity index (χ1n) is 7.76. The lowest BCUT2D eigenvalue weighted by Crippen LogP contribution is -2.46. The molecule has 4 nitrogen and oxygen atoms in total. The van der Waals surface area contributed by atoms with Crippen LogP contribution in [0.4, 0.5) is 0 Å². The molecular weight excluding hydrogens is 292 g/mol. The van der Waals surface area contributed by atoms with Crippen LogP contribution in [0.1, 0.15) is 38.8 Å². The average Bonchev–Trinajstić information content (AvgIpc) is 2.46. The molecule has 4 heteroatoms. The van der Waals surface area contributed by atoms with Crippen LogP contribution in [0.25, 0.3) is 11.0 Å². The third-order valence-corrected chi connectivity index (χ3v) is 4.71. The second kappa shape index (κ2) is 4.96. The molecule has 3 rings (SSSR count). The van der Waals surface area contributed by atoms with Gasteiger partial charge in [0.25, 0.3) is 0 Å². The Morgan fingerprint density at radius 1 is 1.35 bits per heavy atom. The summed E-state index contributed by atoms with van der Waals surface area (Å²) in [4.78, 5) is 12.3. The van der Waals surface area contributed by atoms with E-state index in [0.29, 0.717) is 23.3 Å². The van der Waals surface area contributed by atoms with Crippen LogP contribution < -0.4 is 10.4 Å². The van der Waals surface area contributed by atoms with Crippen molar-refractivity contribution in [3.63, 3.8) is 0 Å². The number of fused-ring (bicyclic) bond motifs is 2. The molecule has 122 valence electrons. The summed E-state index contributed by atoms with van der Waals surface area (Å²) in [5.74, 6) is 0.659. The molecule has 0 bridgehead atoms. The van der Waals surface area contributed by atoms with Gasteiger partial charge in [-0.1, -0.05) is 19.9 Å². The summed E-state index contributed by atoms with van der Waals surface area (Å²) < 4.78 is 11.4. The summed E-state index contributed by atoms with van der Waals surface area (Å²) in [7, 11) is 0. The number of allylic oxidation sites excluding steroid dienone is 1. The van der Waals surface area contributed by atoms with E-state index >= 15 is 0 Å². The number of aliphatic hydroxyl groups is 1. The van der Waals surface area contributed by atoms with Gasteiger partial charge in [-0.2, -0.15) is 0 Å². The van der Waals surface area contributed by atoms with Crippen LogP contribution in [0, 0.1) is 0 Å². The van der Waals surface area contributed by atoms with Crippen LogP contribution in [-0.4, -0.2) is 16.8 Å². The van der Waals surface area contributed by atoms with E-state index in [4.69, 9.17) is 9.15 Å². The fourth-order valence-corrected chi connectivity index (χ4v) is 2.81. The van der Waals surface area contributed by atoms with Gasteiger partial charge in [0.15, 0.2) is 0 Å². The van der Waals surface area contributed by atoms with Gasteiger partial charge in [-0.15, -0.1) is 6.58 Å². The predicted molar refractivity (Wildman–Crippen MR) is 90.1 cm³/mol. The van der Waals surface area contributed by atoms with Crippen molar-refractivity contribution >= 4 is 11.0 Å². The van der Waals surface area contributed by atoms with Gasteiger partial charge in [-0.3, -0.25) is 0 Å². The number of ether oxygens (including phenoxy) is 1. The van der Waals surface area contributed by atoms with Crippen LogP contribution in [-0.2, 0) is 11.8 Å². The van der Waals surface area contributed by atoms with Crippen molar-refractivity contribution in [3.05, 3.63) is 52.4 Å². The highest BCUT2D eigenvalue weighted by Gasteiger charge is 2.36. The standard InChI is InChI=1S/C19H22O4/c1-6-18(2,3)13-8-11-7-12-9-16(20)19(4,5)23-15(12)10-14(11)22-17(13)21/h6-8,10,16,20H,1,9H2,2-5H3/t16-/m1/s1. The van der Waals surface area contributed by atoms with Crippen LogP contribution in [0.15, 0.2) is 40.1 Å². The normalized spacial score (nSPS) is 20.0. The van der Waals surface area contributed by atoms with E-state index in [1.807, 2.05) is 39.8 Å². The zero-order valence-corrected chi connectivity index (χ0v) is 14.0. The van der Waals surface area contributed by atoms with Crippen LogP contribution in [0.2, 0.25) is 0 Å². The molecule has 0 unspecified atom stereocenters. The van der Waals surface area contributed by atoms with Crippen molar-refractivity contribution in [2.75, 3.05) is 0 Å². The molecule has 23 heavy (non-hydrogen) atoms. The fourth-order valence-electron chi connectivity index (χ4n) is 2.81. The van der Waals surface area contributed by atoms with Gasteiger partial charge >= 0.3 is 5.63 Å². The Kier molecular flexibility index (Phi) is 3.41. The summed E-state index contributed by atoms with van der Waals surface area (Å²) in [6.07, 6.45) is 1.67. The number of benzene rings is 1. The Morgan fingerprint density at radius 3 is 2.70 bits per heavy atom. The molecule has 1 atom stereocenters. The number of rotatable bonds is 2. The second-order valence-corrected chi connectivity index (χ2v) is 7.30. The lowest BCUT2D eigenvalue weighted by atomic mass is 9.85. The van der Waals surface area contributed by atoms with Gasteiger partial charge in [-0.25, -0.2) is 4.79 Å². The van der Waals surface area contributed by atoms with E-state index in [9.17, 15) is 9.90 Å². The first-order valence-corrected chi connectivity index (χ1v) is 7.76. The quantitative estimate of drug-likeness (QED) is 0.682. The summed E-state index contributed by atoms with van der Waals surface area (Å²) in [5, 5.41) is 11.0. The lowest BCUT2D eigenvalue weighted by molar-refractivity contribution is -0.0410. The maximum Gasteiger partial charge on any atom is 0.340 e. The van der Waals surface area contributed by atoms with Crippen molar-refractivity contribution < 1.29 is 14.3 Å². The SMILES string of the molecule is C=CC(C)(C)c1cc2cc3c(cc2oc1=O)OC(C)(C)[C@H](O)C3. The minimum absolute atomic E-state index is 0.363. The maximum absolute atomic E-state index is 12.3. The molecule has 0 spiro atoms. The monoisotopic (exact) mass is 314 g/mol. The highest BCUT2D eigenvalue weighted by molar-refractivity contribution is 5.80. The molecule has 0 fully saturated rings. The number of aliphatic hydroxyl groups excluding tert-OH is 1. The lowest BCUT2D eigenvalue weighted by Gasteiger charge is -2.37. The zero-order valence-electron chi connectivity index (χ0n) is 14.0. The van der Waals surface area contributed by atoms with Crippen LogP contribution in [0.3, 0.4) is 0 Å². The second-order valence-electron chi connectivity index (χ2n) is 7.30. The number of hydrogen-bond donors (Lipinski definition) is 1. The van der Waals surface area contributed by atoms with Gasteiger partial charge in [0.05, 0.1) is 6.10 Å². The Balaban J connectivity index is 2.20. The first-order chi connectivity index (χ1) is 10.6. The fraction of sp³-hybridized carbons (Fsp3) is 0.421. The zero-order chi connectivity index (χ0) is 17.0. The molecule has 1 aromatic carbocycles. The minimum atomic E-state index is -0.661. The maximum atomic E-state index is 12.3. The summed E-state index contributed by atoms with van der Waals surface area (Å²) in [5.41, 5.74) is 0.481. The van der Waals surface area contributed by atoms with Gasteiger partial charge < -0.3 is 14.3 Å². The molecule has 0 saturated carbocycles. The summed E-state index contributed by atoms with van der Waals surface area (Å²) in [6, 6.07) is 5.51. The highest BCUT2D eigenvalue weighted by atomic mass is 16.5. The molecule has 1 N–H and O–H groups in total. The molecule has 1 aromatic heterocycles. The molecular formula is C19H22O4. The first kappa shape index (κ1) is 15.8. The summed E-state index contributed by atoms with van der Waals surface area (Å²) >= 11 is 0. The summed E-state index contributed by atoms with van der Waals surface area (Å²) in [6.45, 7) is 11.3. The molecule has 0 aliphatic carbocycles. The Labute approximate surface area is 135 Å². The van der Waals surface area contributed by atoms with Crippen molar-refractivity contribution in [2.45, 2.75) is 51.2 Å². The third kappa shape index (κ3) is 2.57. The van der Waals surface area contributed by atoms with E-state index in [-0.39, 0.29) is 5.63 Å². The molecule has 0 saturated heterocycles. The predicted octanol–water partition coefficient (Wildman–Crippen LogP) is 3.33. The van der Waals surface area contributed by atoms with Crippen molar-refractivity contribution in [2.24, 2.45) is 0 Å². The Morgan fingerprint density at radius 2 is 2.04 bits per heavy atom. The van der Waals surface area contributed by atoms with Crippen molar-refractivity contribution in [3.8, 4) is 5.75 Å². The van der Waals surface area contributed by atoms with Gasteiger partial charge in [0.1, 0.15) is 16.9 Å². The van der Waals surface area contributed by atoms with Gasteiger partial charge in [-0.05, 0) is 31.5 Å². The molecule has 2 aromatic rings. The molecule has 1 aliphatic heterocycles. The van der Waals surface area contributed by atoms with Crippen LogP contribution >= 0.6 is 0 Å². The Bertz CT molecular complexity index is 842. The topological polar surface area (TPSA) is 59.7 Å². The van der Waals surface area contributed by atoms with Crippen molar-refractivity contribution in [1.29, 1.82) is 0 Å². The van der Waals surface area contributed by atoms with Gasteiger partial charge in [0, 0.05) is 28.9 Å². The average molecular weight is 314 g/mol. The van der Waals surface area contributed by atoms with E-state index in [0.717, 1.165) is 10.9 Å². The molecule has 0 radical (unpaired) electrons. The van der Waals surface area contributed by atoms with Gasteiger partial charge in [0.2, 0.25) is 0 Å². The minimum Gasteiger partial charge on any atom is -0.485 e. The molecule has 2 heterocycles. The molecule has 0 amide bonds. The largest absolute Gasteiger partial charge is 0.485 e. The Hall–Kier alpha value is -2.07. The van der Waals surface area contributed by atoms with E-state index in [1.54, 1.807) is 12.1 Å². The molecule has 1 aliphatic rings. The number of hydrogen-bond acceptors (Lipinski definition) is 4. The van der Waals surface area contributed by atoms with E-state index < -0.39 is 17.1 Å². The third-order valence-electron chi connectivity index (χ3n) is 4.71. The van der Waals surface area contributed by atoms with Crippen molar-refractivity contribution in [1.82, 2.24) is 0 Å². The highest BCUT2D eigenvalue weighted by Crippen LogP contribution is 2.36. The van der Waals surface area contributed by atoms with E-state index in [2.05, 4.69) is 6.58 Å². The smallest absolute Gasteiger partial charge is 0.340 e.